The molecule has 2 nitrogen and oxygen atoms in total. The van der Waals surface area contributed by atoms with E-state index in [1.54, 1.807) is 12.1 Å². The van der Waals surface area contributed by atoms with Crippen LogP contribution in [-0.4, -0.2) is 10.2 Å². The maximum atomic E-state index is 10.4. The lowest BCUT2D eigenvalue weighted by Crippen LogP contribution is -2.34. The minimum atomic E-state index is -0.512. The normalized spacial score (nSPS) is 14.2. The number of benzene rings is 8. The highest BCUT2D eigenvalue weighted by atomic mass is 16.3. The van der Waals surface area contributed by atoms with Crippen LogP contribution in [0.1, 0.15) is 23.1 Å². The molecule has 0 unspecified atom stereocenters. The molecule has 0 amide bonds. The SMILES string of the molecule is Oc1ccc2c(C3(c4cccc5cc(O)ccc45)CC=c4c5cccc6cccc(c7cccc3c47)c65)cccc2c1. The van der Waals surface area contributed by atoms with E-state index in [2.05, 4.69) is 109 Å². The third-order valence-corrected chi connectivity index (χ3v) is 9.54. The first-order chi connectivity index (χ1) is 20.6. The molecule has 8 aromatic carbocycles. The van der Waals surface area contributed by atoms with Gasteiger partial charge < -0.3 is 10.2 Å². The zero-order valence-corrected chi connectivity index (χ0v) is 22.8. The molecule has 42 heavy (non-hydrogen) atoms. The number of phenolic OH excluding ortho intramolecular Hbond substituents is 2. The molecule has 0 aliphatic heterocycles. The Morgan fingerprint density at radius 2 is 0.929 bits per heavy atom. The molecule has 0 fully saturated rings. The summed E-state index contributed by atoms with van der Waals surface area (Å²) < 4.78 is 0. The summed E-state index contributed by atoms with van der Waals surface area (Å²) in [6.45, 7) is 0. The molecule has 2 N–H and O–H groups in total. The first kappa shape index (κ1) is 23.4. The van der Waals surface area contributed by atoms with Gasteiger partial charge in [0.1, 0.15) is 11.5 Å². The molecule has 2 heteroatoms. The quantitative estimate of drug-likeness (QED) is 0.170. The Morgan fingerprint density at radius 1 is 0.429 bits per heavy atom. The van der Waals surface area contributed by atoms with Crippen molar-refractivity contribution in [2.45, 2.75) is 11.8 Å². The molecule has 1 aliphatic rings. The lowest BCUT2D eigenvalue weighted by molar-refractivity contribution is 0.475. The molecule has 8 aromatic rings. The summed E-state index contributed by atoms with van der Waals surface area (Å²) >= 11 is 0. The maximum Gasteiger partial charge on any atom is 0.116 e. The molecule has 9 rings (SSSR count). The van der Waals surface area contributed by atoms with Gasteiger partial charge in [0.05, 0.1) is 5.41 Å². The highest BCUT2D eigenvalue weighted by Gasteiger charge is 2.41. The van der Waals surface area contributed by atoms with Crippen LogP contribution in [0.3, 0.4) is 0 Å². The average molecular weight is 539 g/mol. The molecular formula is C40H26O2. The summed E-state index contributed by atoms with van der Waals surface area (Å²) in [5.74, 6) is 0.531. The van der Waals surface area contributed by atoms with Crippen LogP contribution in [0.15, 0.2) is 127 Å². The number of aromatic hydroxyl groups is 2. The Hall–Kier alpha value is -5.34. The molecule has 0 aromatic heterocycles. The molecule has 1 aliphatic carbocycles. The molecule has 198 valence electrons. The van der Waals surface area contributed by atoms with Gasteiger partial charge in [-0.15, -0.1) is 0 Å². The Bertz CT molecular complexity index is 2380. The molecular weight excluding hydrogens is 512 g/mol. The first-order valence-corrected chi connectivity index (χ1v) is 14.4. The highest BCUT2D eigenvalue weighted by molar-refractivity contribution is 6.22. The van der Waals surface area contributed by atoms with Crippen molar-refractivity contribution >= 4 is 59.9 Å². The van der Waals surface area contributed by atoms with E-state index in [9.17, 15) is 10.2 Å². The molecule has 0 bridgehead atoms. The summed E-state index contributed by atoms with van der Waals surface area (Å²) in [5, 5.41) is 34.1. The van der Waals surface area contributed by atoms with Gasteiger partial charge in [-0.25, -0.2) is 0 Å². The number of phenols is 2. The minimum absolute atomic E-state index is 0.266. The summed E-state index contributed by atoms with van der Waals surface area (Å²) in [6.07, 6.45) is 3.23. The van der Waals surface area contributed by atoms with Crippen molar-refractivity contribution in [3.63, 3.8) is 0 Å². The largest absolute Gasteiger partial charge is 0.508 e. The van der Waals surface area contributed by atoms with Crippen molar-refractivity contribution in [3.8, 4) is 11.5 Å². The van der Waals surface area contributed by atoms with Gasteiger partial charge in [-0.2, -0.15) is 0 Å². The van der Waals surface area contributed by atoms with E-state index >= 15 is 0 Å². The second-order valence-electron chi connectivity index (χ2n) is 11.6. The summed E-state index contributed by atoms with van der Waals surface area (Å²) in [6, 6.07) is 44.4. The lowest BCUT2D eigenvalue weighted by Gasteiger charge is -2.40. The topological polar surface area (TPSA) is 40.5 Å². The van der Waals surface area contributed by atoms with E-state index in [0.717, 1.165) is 28.0 Å². The zero-order valence-electron chi connectivity index (χ0n) is 22.8. The van der Waals surface area contributed by atoms with Gasteiger partial charge in [-0.1, -0.05) is 109 Å². The van der Waals surface area contributed by atoms with Gasteiger partial charge in [0.15, 0.2) is 0 Å². The molecule has 0 atom stereocenters. The third-order valence-electron chi connectivity index (χ3n) is 9.54. The van der Waals surface area contributed by atoms with Gasteiger partial charge in [-0.05, 0) is 106 Å². The van der Waals surface area contributed by atoms with Crippen LogP contribution < -0.4 is 5.22 Å². The van der Waals surface area contributed by atoms with Crippen LogP contribution in [-0.2, 0) is 5.41 Å². The summed E-state index contributed by atoms with van der Waals surface area (Å²) in [7, 11) is 0. The number of hydrogen-bond donors (Lipinski definition) is 2. The van der Waals surface area contributed by atoms with Gasteiger partial charge in [0, 0.05) is 0 Å². The third kappa shape index (κ3) is 2.99. The number of rotatable bonds is 2. The smallest absolute Gasteiger partial charge is 0.116 e. The van der Waals surface area contributed by atoms with Crippen LogP contribution in [0.2, 0.25) is 0 Å². The van der Waals surface area contributed by atoms with Crippen LogP contribution in [0.25, 0.3) is 59.9 Å². The molecule has 0 saturated carbocycles. The van der Waals surface area contributed by atoms with E-state index in [4.69, 9.17) is 0 Å². The second kappa shape index (κ2) is 8.34. The fourth-order valence-electron chi connectivity index (χ4n) is 7.87. The van der Waals surface area contributed by atoms with Gasteiger partial charge in [-0.3, -0.25) is 0 Å². The maximum absolute atomic E-state index is 10.4. The Labute approximate surface area is 242 Å². The molecule has 0 spiro atoms. The van der Waals surface area contributed by atoms with E-state index in [-0.39, 0.29) is 11.5 Å². The fourth-order valence-corrected chi connectivity index (χ4v) is 7.87. The molecule has 0 radical (unpaired) electrons. The second-order valence-corrected chi connectivity index (χ2v) is 11.6. The fraction of sp³-hybridized carbons (Fsp3) is 0.0500. The van der Waals surface area contributed by atoms with Crippen molar-refractivity contribution in [2.24, 2.45) is 0 Å². The van der Waals surface area contributed by atoms with Crippen molar-refractivity contribution in [1.82, 2.24) is 0 Å². The molecule has 0 heterocycles. The van der Waals surface area contributed by atoms with Gasteiger partial charge in [0.2, 0.25) is 0 Å². The Kier molecular flexibility index (Phi) is 4.64. The lowest BCUT2D eigenvalue weighted by atomic mass is 9.62. The predicted octanol–water partition coefficient (Wildman–Crippen LogP) is 9.10. The van der Waals surface area contributed by atoms with E-state index < -0.39 is 5.41 Å². The Balaban J connectivity index is 1.52. The van der Waals surface area contributed by atoms with Crippen LogP contribution in [0, 0.1) is 0 Å². The van der Waals surface area contributed by atoms with E-state index in [0.29, 0.717) is 0 Å². The Morgan fingerprint density at radius 3 is 1.57 bits per heavy atom. The van der Waals surface area contributed by atoms with Crippen molar-refractivity contribution in [3.05, 3.63) is 149 Å². The zero-order chi connectivity index (χ0) is 28.0. The molecule has 0 saturated heterocycles. The number of fused-ring (bicyclic) bond motifs is 4. The summed E-state index contributed by atoms with van der Waals surface area (Å²) in [5.41, 5.74) is 3.19. The standard InChI is InChI=1S/C40H26O2/c41-27-16-18-29-25(22-27)8-3-13-35(29)40(36-14-4-9-26-23-28(42)17-19-30(26)36)21-20-34-32-11-2-7-24-6-1-10-31(38(24)32)33-12-5-15-37(40)39(33)34/h1-20,22-23,41-42H,21H2. The van der Waals surface area contributed by atoms with Crippen molar-refractivity contribution in [1.29, 1.82) is 0 Å². The van der Waals surface area contributed by atoms with Gasteiger partial charge in [0.25, 0.3) is 0 Å². The first-order valence-electron chi connectivity index (χ1n) is 14.4. The average Bonchev–Trinajstić information content (AvgIpc) is 3.02. The monoisotopic (exact) mass is 538 g/mol. The highest BCUT2D eigenvalue weighted by Crippen LogP contribution is 2.51. The minimum Gasteiger partial charge on any atom is -0.508 e. The summed E-state index contributed by atoms with van der Waals surface area (Å²) in [4.78, 5) is 0. The van der Waals surface area contributed by atoms with E-state index in [1.807, 2.05) is 12.1 Å². The van der Waals surface area contributed by atoms with E-state index in [1.165, 1.54) is 54.2 Å². The van der Waals surface area contributed by atoms with Gasteiger partial charge >= 0.3 is 0 Å². The van der Waals surface area contributed by atoms with Crippen molar-refractivity contribution < 1.29 is 10.2 Å². The number of hydrogen-bond acceptors (Lipinski definition) is 2. The predicted molar refractivity (Wildman–Crippen MR) is 174 cm³/mol. The van der Waals surface area contributed by atoms with Crippen LogP contribution in [0.4, 0.5) is 0 Å². The van der Waals surface area contributed by atoms with Crippen molar-refractivity contribution in [2.75, 3.05) is 0 Å². The van der Waals surface area contributed by atoms with Crippen LogP contribution in [0.5, 0.6) is 11.5 Å². The van der Waals surface area contributed by atoms with Crippen LogP contribution >= 0.6 is 0 Å².